The van der Waals surface area contributed by atoms with E-state index in [1.54, 1.807) is 0 Å². The summed E-state index contributed by atoms with van der Waals surface area (Å²) in [4.78, 5) is 6.92. The van der Waals surface area contributed by atoms with E-state index in [4.69, 9.17) is 0 Å². The average molecular weight is 245 g/mol. The minimum Gasteiger partial charge on any atom is -0.317 e. The van der Waals surface area contributed by atoms with E-state index in [1.807, 2.05) is 12.4 Å². The first-order valence-electron chi connectivity index (χ1n) is 7.20. The lowest BCUT2D eigenvalue weighted by molar-refractivity contribution is 0.127. The molecule has 98 valence electrons. The molecule has 1 aliphatic heterocycles. The second-order valence-electron chi connectivity index (χ2n) is 5.67. The lowest BCUT2D eigenvalue weighted by atomic mass is 9.88. The number of aromatic nitrogens is 1. The van der Waals surface area contributed by atoms with Gasteiger partial charge in [0.15, 0.2) is 0 Å². The molecule has 0 unspecified atom stereocenters. The second-order valence-corrected chi connectivity index (χ2v) is 5.67. The summed E-state index contributed by atoms with van der Waals surface area (Å²) in [5.74, 6) is 0. The summed E-state index contributed by atoms with van der Waals surface area (Å²) in [7, 11) is 2.10. The highest BCUT2D eigenvalue weighted by molar-refractivity contribution is 5.25. The summed E-state index contributed by atoms with van der Waals surface area (Å²) < 4.78 is 0. The van der Waals surface area contributed by atoms with Crippen LogP contribution in [0.25, 0.3) is 0 Å². The number of hydrogen-bond donors (Lipinski definition) is 1. The lowest BCUT2D eigenvalue weighted by Gasteiger charge is -2.39. The van der Waals surface area contributed by atoms with Crippen molar-refractivity contribution >= 4 is 0 Å². The number of nitrogens with one attached hydrogen (secondary N) is 1. The zero-order valence-electron chi connectivity index (χ0n) is 11.2. The summed E-state index contributed by atoms with van der Waals surface area (Å²) in [6.45, 7) is 2.33. The second kappa shape index (κ2) is 5.37. The Labute approximate surface area is 110 Å². The van der Waals surface area contributed by atoms with Gasteiger partial charge in [0.25, 0.3) is 0 Å². The number of fused-ring (bicyclic) bond motifs is 1. The first-order valence-corrected chi connectivity index (χ1v) is 7.20. The van der Waals surface area contributed by atoms with E-state index < -0.39 is 0 Å². The van der Waals surface area contributed by atoms with Gasteiger partial charge in [-0.25, -0.2) is 0 Å². The average Bonchev–Trinajstić information content (AvgIpc) is 2.47. The zero-order valence-corrected chi connectivity index (χ0v) is 11.2. The maximum Gasteiger partial charge on any atom is 0.0303 e. The van der Waals surface area contributed by atoms with Crippen LogP contribution in [-0.4, -0.2) is 35.6 Å². The molecule has 2 aliphatic rings. The van der Waals surface area contributed by atoms with Crippen molar-refractivity contribution in [3.05, 3.63) is 29.6 Å². The van der Waals surface area contributed by atoms with Crippen LogP contribution in [-0.2, 0) is 13.0 Å². The van der Waals surface area contributed by atoms with E-state index in [-0.39, 0.29) is 0 Å². The predicted octanol–water partition coefficient (Wildman–Crippen LogP) is 1.97. The van der Waals surface area contributed by atoms with Crippen LogP contribution in [0.2, 0.25) is 0 Å². The van der Waals surface area contributed by atoms with Crippen molar-refractivity contribution in [1.82, 2.24) is 15.2 Å². The van der Waals surface area contributed by atoms with Crippen LogP contribution in [0.5, 0.6) is 0 Å². The Hall–Kier alpha value is -0.930. The third-order valence-corrected chi connectivity index (χ3v) is 4.62. The Morgan fingerprint density at radius 3 is 3.17 bits per heavy atom. The highest BCUT2D eigenvalue weighted by Gasteiger charge is 2.28. The Balaban J connectivity index is 1.68. The minimum atomic E-state index is 0.725. The van der Waals surface area contributed by atoms with Crippen molar-refractivity contribution in [2.24, 2.45) is 0 Å². The lowest BCUT2D eigenvalue weighted by Crippen LogP contribution is -2.45. The highest BCUT2D eigenvalue weighted by Crippen LogP contribution is 2.27. The first-order chi connectivity index (χ1) is 8.86. The van der Waals surface area contributed by atoms with E-state index in [0.717, 1.165) is 18.6 Å². The summed E-state index contributed by atoms with van der Waals surface area (Å²) in [6.07, 6.45) is 10.6. The maximum atomic E-state index is 4.23. The summed E-state index contributed by atoms with van der Waals surface area (Å²) in [6, 6.07) is 3.69. The Bertz CT molecular complexity index is 404. The van der Waals surface area contributed by atoms with Crippen LogP contribution < -0.4 is 5.32 Å². The predicted molar refractivity (Wildman–Crippen MR) is 73.5 cm³/mol. The first kappa shape index (κ1) is 12.1. The molecular weight excluding hydrogens is 222 g/mol. The Kier molecular flexibility index (Phi) is 3.62. The maximum absolute atomic E-state index is 4.23. The van der Waals surface area contributed by atoms with Crippen LogP contribution in [0, 0.1) is 0 Å². The van der Waals surface area contributed by atoms with Crippen LogP contribution >= 0.6 is 0 Å². The highest BCUT2D eigenvalue weighted by atomic mass is 15.2. The van der Waals surface area contributed by atoms with Gasteiger partial charge in [-0.1, -0.05) is 6.42 Å². The molecule has 3 nitrogen and oxygen atoms in total. The molecule has 0 saturated heterocycles. The van der Waals surface area contributed by atoms with Crippen molar-refractivity contribution in [2.45, 2.75) is 50.7 Å². The van der Waals surface area contributed by atoms with Gasteiger partial charge in [-0.3, -0.25) is 9.88 Å². The fourth-order valence-electron chi connectivity index (χ4n) is 3.47. The molecule has 0 radical (unpaired) electrons. The van der Waals surface area contributed by atoms with Gasteiger partial charge in [-0.15, -0.1) is 0 Å². The fraction of sp³-hybridized carbons (Fsp3) is 0.667. The minimum absolute atomic E-state index is 0.725. The van der Waals surface area contributed by atoms with E-state index >= 15 is 0 Å². The topological polar surface area (TPSA) is 28.2 Å². The molecule has 2 heterocycles. The molecule has 0 bridgehead atoms. The molecule has 2 atom stereocenters. The van der Waals surface area contributed by atoms with Crippen LogP contribution in [0.1, 0.15) is 36.8 Å². The Morgan fingerprint density at radius 2 is 2.28 bits per heavy atom. The normalized spacial score (nSPS) is 28.9. The number of hydrogen-bond acceptors (Lipinski definition) is 3. The SMILES string of the molecule is CN[C@H]1CCC[C@@H](N2CCc3cnccc3C2)C1. The van der Waals surface area contributed by atoms with Gasteiger partial charge in [0.05, 0.1) is 0 Å². The fourth-order valence-corrected chi connectivity index (χ4v) is 3.47. The molecule has 18 heavy (non-hydrogen) atoms. The smallest absolute Gasteiger partial charge is 0.0303 e. The van der Waals surface area contributed by atoms with E-state index in [2.05, 4.69) is 28.3 Å². The van der Waals surface area contributed by atoms with Gasteiger partial charge in [-0.05, 0) is 49.9 Å². The third kappa shape index (κ3) is 2.43. The van der Waals surface area contributed by atoms with Gasteiger partial charge in [0, 0.05) is 37.6 Å². The summed E-state index contributed by atoms with van der Waals surface area (Å²) in [5, 5.41) is 3.46. The molecule has 3 heteroatoms. The molecule has 1 aliphatic carbocycles. The van der Waals surface area contributed by atoms with Gasteiger partial charge in [-0.2, -0.15) is 0 Å². The van der Waals surface area contributed by atoms with Crippen molar-refractivity contribution in [1.29, 1.82) is 0 Å². The molecule has 0 spiro atoms. The quantitative estimate of drug-likeness (QED) is 0.863. The molecule has 1 saturated carbocycles. The molecule has 1 fully saturated rings. The number of rotatable bonds is 2. The van der Waals surface area contributed by atoms with Gasteiger partial charge < -0.3 is 5.32 Å². The van der Waals surface area contributed by atoms with E-state index in [1.165, 1.54) is 49.8 Å². The van der Waals surface area contributed by atoms with Gasteiger partial charge >= 0.3 is 0 Å². The Morgan fingerprint density at radius 1 is 1.33 bits per heavy atom. The van der Waals surface area contributed by atoms with Gasteiger partial charge in [0.1, 0.15) is 0 Å². The van der Waals surface area contributed by atoms with Gasteiger partial charge in [0.2, 0.25) is 0 Å². The van der Waals surface area contributed by atoms with Crippen LogP contribution in [0.15, 0.2) is 18.5 Å². The van der Waals surface area contributed by atoms with Crippen LogP contribution in [0.3, 0.4) is 0 Å². The molecule has 1 N–H and O–H groups in total. The number of pyridine rings is 1. The molecule has 0 aromatic carbocycles. The molecule has 0 amide bonds. The van der Waals surface area contributed by atoms with Crippen molar-refractivity contribution in [3.8, 4) is 0 Å². The number of nitrogens with zero attached hydrogens (tertiary/aromatic N) is 2. The summed E-state index contributed by atoms with van der Waals surface area (Å²) >= 11 is 0. The van der Waals surface area contributed by atoms with Crippen molar-refractivity contribution in [3.63, 3.8) is 0 Å². The molecular formula is C15H23N3. The van der Waals surface area contributed by atoms with E-state index in [9.17, 15) is 0 Å². The third-order valence-electron chi connectivity index (χ3n) is 4.62. The van der Waals surface area contributed by atoms with Crippen molar-refractivity contribution < 1.29 is 0 Å². The van der Waals surface area contributed by atoms with Crippen LogP contribution in [0.4, 0.5) is 0 Å². The van der Waals surface area contributed by atoms with E-state index in [0.29, 0.717) is 0 Å². The zero-order chi connectivity index (χ0) is 12.4. The summed E-state index contributed by atoms with van der Waals surface area (Å²) in [5.41, 5.74) is 2.94. The molecule has 1 aromatic rings. The monoisotopic (exact) mass is 245 g/mol. The van der Waals surface area contributed by atoms with Crippen molar-refractivity contribution in [2.75, 3.05) is 13.6 Å². The largest absolute Gasteiger partial charge is 0.317 e. The standard InChI is InChI=1S/C15H23N3/c1-16-14-3-2-4-15(9-14)18-8-6-12-10-17-7-5-13(12)11-18/h5,7,10,14-16H,2-4,6,8-9,11H2,1H3/t14-,15+/m0/s1. The molecule has 1 aromatic heterocycles. The molecule has 3 rings (SSSR count).